The van der Waals surface area contributed by atoms with Crippen molar-refractivity contribution in [2.45, 2.75) is 132 Å². The predicted octanol–water partition coefficient (Wildman–Crippen LogP) is 10.4. The molecule has 0 heterocycles. The van der Waals surface area contributed by atoms with Gasteiger partial charge in [-0.05, 0) is 127 Å². The van der Waals surface area contributed by atoms with Crippen LogP contribution in [0.4, 0.5) is 0 Å². The Morgan fingerprint density at radius 1 is 1.03 bits per heavy atom. The average Bonchev–Trinajstić information content (AvgIpc) is 3.14. The summed E-state index contributed by atoms with van der Waals surface area (Å²) < 4.78 is 0. The number of aryl methyl sites for hydroxylation is 3. The molecule has 1 aromatic carbocycles. The normalized spacial score (nSPS) is 20.6. The fourth-order valence-electron chi connectivity index (χ4n) is 5.89. The molecule has 0 saturated heterocycles. The Labute approximate surface area is 220 Å². The van der Waals surface area contributed by atoms with E-state index in [0.29, 0.717) is 5.41 Å². The molecule has 1 aliphatic carbocycles. The lowest BCUT2D eigenvalue weighted by molar-refractivity contribution is 0.183. The molecule has 1 saturated carbocycles. The van der Waals surface area contributed by atoms with Crippen LogP contribution >= 0.6 is 0 Å². The Morgan fingerprint density at radius 2 is 1.74 bits per heavy atom. The van der Waals surface area contributed by atoms with Crippen molar-refractivity contribution in [3.63, 3.8) is 0 Å². The highest BCUT2D eigenvalue weighted by atomic mass is 15.1. The van der Waals surface area contributed by atoms with Crippen molar-refractivity contribution in [3.8, 4) is 0 Å². The Bertz CT molecular complexity index is 760. The summed E-state index contributed by atoms with van der Waals surface area (Å²) in [4.78, 5) is 2.72. The minimum Gasteiger partial charge on any atom is -0.301 e. The van der Waals surface area contributed by atoms with Gasteiger partial charge < -0.3 is 4.90 Å². The maximum Gasteiger partial charge on any atom is 0.00643 e. The van der Waals surface area contributed by atoms with Gasteiger partial charge in [-0.15, -0.1) is 0 Å². The Balaban J connectivity index is 0.000000566. The van der Waals surface area contributed by atoms with Gasteiger partial charge in [-0.3, -0.25) is 0 Å². The third-order valence-electron chi connectivity index (χ3n) is 8.59. The number of nitrogens with zero attached hydrogens (tertiary/aromatic N) is 1. The molecule has 200 valence electrons. The quantitative estimate of drug-likeness (QED) is 0.239. The highest BCUT2D eigenvalue weighted by Gasteiger charge is 2.40. The standard InChI is InChI=1S/C25H47N.C9H12/c1-8-15-25(16-12-13-21(5)10-3)20-24(19-22(25)6)14-18-26(17-9-2)23(7)11-4;1-7-4-5-8(2)9(3)6-7/h23-24H,5-6,8-20H2,1-4,7H3;4-6H,1-3H3. The van der Waals surface area contributed by atoms with Gasteiger partial charge in [0.05, 0.1) is 0 Å². The van der Waals surface area contributed by atoms with Crippen LogP contribution in [0.2, 0.25) is 0 Å². The molecule has 0 amide bonds. The number of hydrogen-bond acceptors (Lipinski definition) is 1. The first kappa shape index (κ1) is 31.7. The SMILES string of the molecule is C=C(CC)CCCC1(CCC)CC(CCN(CCC)C(C)CC)CC1=C.Cc1ccc(C)c(C)c1. The molecule has 0 radical (unpaired) electrons. The van der Waals surface area contributed by atoms with Crippen molar-refractivity contribution in [3.05, 3.63) is 59.2 Å². The van der Waals surface area contributed by atoms with Gasteiger partial charge in [0.15, 0.2) is 0 Å². The molecule has 1 heteroatoms. The molecular formula is C34H59N. The topological polar surface area (TPSA) is 3.24 Å². The van der Waals surface area contributed by atoms with Crippen LogP contribution in [0.25, 0.3) is 0 Å². The lowest BCUT2D eigenvalue weighted by Gasteiger charge is -2.32. The van der Waals surface area contributed by atoms with Gasteiger partial charge in [-0.2, -0.15) is 0 Å². The maximum absolute atomic E-state index is 4.57. The zero-order chi connectivity index (χ0) is 26.4. The minimum atomic E-state index is 0.430. The third kappa shape index (κ3) is 10.7. The first-order chi connectivity index (χ1) is 16.6. The molecule has 3 atom stereocenters. The maximum atomic E-state index is 4.57. The van der Waals surface area contributed by atoms with Gasteiger partial charge in [0, 0.05) is 6.04 Å². The fourth-order valence-corrected chi connectivity index (χ4v) is 5.89. The lowest BCUT2D eigenvalue weighted by Crippen LogP contribution is -2.35. The van der Waals surface area contributed by atoms with E-state index < -0.39 is 0 Å². The largest absolute Gasteiger partial charge is 0.301 e. The van der Waals surface area contributed by atoms with E-state index in [0.717, 1.165) is 18.4 Å². The van der Waals surface area contributed by atoms with Crippen LogP contribution in [0.5, 0.6) is 0 Å². The van der Waals surface area contributed by atoms with E-state index in [9.17, 15) is 0 Å². The molecular weight excluding hydrogens is 422 g/mol. The van der Waals surface area contributed by atoms with Crippen molar-refractivity contribution in [1.29, 1.82) is 0 Å². The van der Waals surface area contributed by atoms with E-state index in [1.54, 1.807) is 5.57 Å². The van der Waals surface area contributed by atoms with Gasteiger partial charge in [-0.25, -0.2) is 0 Å². The molecule has 1 fully saturated rings. The van der Waals surface area contributed by atoms with Gasteiger partial charge in [0.25, 0.3) is 0 Å². The molecule has 1 nitrogen and oxygen atoms in total. The van der Waals surface area contributed by atoms with Crippen LogP contribution in [-0.4, -0.2) is 24.0 Å². The molecule has 0 aliphatic heterocycles. The smallest absolute Gasteiger partial charge is 0.00643 e. The predicted molar refractivity (Wildman–Crippen MR) is 159 cm³/mol. The summed E-state index contributed by atoms with van der Waals surface area (Å²) in [6.45, 7) is 29.3. The number of allylic oxidation sites excluding steroid dienone is 2. The first-order valence-electron chi connectivity index (χ1n) is 14.7. The summed E-state index contributed by atoms with van der Waals surface area (Å²) in [5.41, 5.74) is 7.52. The lowest BCUT2D eigenvalue weighted by atomic mass is 9.74. The molecule has 0 bridgehead atoms. The van der Waals surface area contributed by atoms with Crippen LogP contribution < -0.4 is 0 Å². The van der Waals surface area contributed by atoms with Crippen LogP contribution in [0.1, 0.15) is 122 Å². The summed E-state index contributed by atoms with van der Waals surface area (Å²) in [5.74, 6) is 0.854. The minimum absolute atomic E-state index is 0.430. The van der Waals surface area contributed by atoms with Crippen molar-refractivity contribution in [1.82, 2.24) is 4.90 Å². The summed E-state index contributed by atoms with van der Waals surface area (Å²) >= 11 is 0. The second-order valence-corrected chi connectivity index (χ2v) is 11.5. The zero-order valence-corrected chi connectivity index (χ0v) is 24.9. The van der Waals surface area contributed by atoms with E-state index in [2.05, 4.69) is 91.6 Å². The third-order valence-corrected chi connectivity index (χ3v) is 8.59. The molecule has 1 aromatic rings. The average molecular weight is 482 g/mol. The van der Waals surface area contributed by atoms with E-state index in [-0.39, 0.29) is 0 Å². The Morgan fingerprint density at radius 3 is 2.29 bits per heavy atom. The molecule has 35 heavy (non-hydrogen) atoms. The van der Waals surface area contributed by atoms with Crippen molar-refractivity contribution >= 4 is 0 Å². The first-order valence-corrected chi connectivity index (χ1v) is 14.7. The van der Waals surface area contributed by atoms with Crippen molar-refractivity contribution in [2.75, 3.05) is 13.1 Å². The van der Waals surface area contributed by atoms with Crippen molar-refractivity contribution < 1.29 is 0 Å². The van der Waals surface area contributed by atoms with E-state index in [4.69, 9.17) is 0 Å². The monoisotopic (exact) mass is 481 g/mol. The molecule has 2 rings (SSSR count). The fraction of sp³-hybridized carbons (Fsp3) is 0.706. The number of hydrogen-bond donors (Lipinski definition) is 0. The highest BCUT2D eigenvalue weighted by molar-refractivity contribution is 5.28. The van der Waals surface area contributed by atoms with E-state index >= 15 is 0 Å². The number of benzene rings is 1. The molecule has 1 aliphatic rings. The Kier molecular flexibility index (Phi) is 14.9. The van der Waals surface area contributed by atoms with Gasteiger partial charge in [-0.1, -0.05) is 82.2 Å². The summed E-state index contributed by atoms with van der Waals surface area (Å²) in [6, 6.07) is 7.22. The summed E-state index contributed by atoms with van der Waals surface area (Å²) in [7, 11) is 0. The molecule has 0 N–H and O–H groups in total. The van der Waals surface area contributed by atoms with Gasteiger partial charge >= 0.3 is 0 Å². The van der Waals surface area contributed by atoms with Gasteiger partial charge in [0.1, 0.15) is 0 Å². The van der Waals surface area contributed by atoms with Crippen LogP contribution in [-0.2, 0) is 0 Å². The number of rotatable bonds is 14. The van der Waals surface area contributed by atoms with Crippen LogP contribution in [0, 0.1) is 32.1 Å². The molecule has 0 aromatic heterocycles. The summed E-state index contributed by atoms with van der Waals surface area (Å²) in [5, 5.41) is 0. The molecule has 3 unspecified atom stereocenters. The zero-order valence-electron chi connectivity index (χ0n) is 24.9. The van der Waals surface area contributed by atoms with E-state index in [1.807, 2.05) is 0 Å². The second kappa shape index (κ2) is 16.4. The highest BCUT2D eigenvalue weighted by Crippen LogP contribution is 2.52. The van der Waals surface area contributed by atoms with E-state index in [1.165, 1.54) is 99.6 Å². The Hall–Kier alpha value is -1.34. The van der Waals surface area contributed by atoms with Gasteiger partial charge in [0.2, 0.25) is 0 Å². The van der Waals surface area contributed by atoms with Crippen LogP contribution in [0.15, 0.2) is 42.5 Å². The van der Waals surface area contributed by atoms with Crippen molar-refractivity contribution in [2.24, 2.45) is 11.3 Å². The molecule has 0 spiro atoms. The van der Waals surface area contributed by atoms with Crippen LogP contribution in [0.3, 0.4) is 0 Å². The second-order valence-electron chi connectivity index (χ2n) is 11.5. The summed E-state index contributed by atoms with van der Waals surface area (Å²) in [6.07, 6.45) is 14.1.